The summed E-state index contributed by atoms with van der Waals surface area (Å²) in [6.45, 7) is 2.23. The van der Waals surface area contributed by atoms with E-state index in [-0.39, 0.29) is 0 Å². The smallest absolute Gasteiger partial charge is 0.194 e. The SMILES string of the molecule is CCCC1CCC(C[SiH2]c2cc(F)c(F)c(F)c2)CC1. The average Bonchev–Trinajstić information content (AvgIpc) is 2.44. The fourth-order valence-electron chi connectivity index (χ4n) is 3.34. The summed E-state index contributed by atoms with van der Waals surface area (Å²) in [7, 11) is -0.690. The van der Waals surface area contributed by atoms with Crippen molar-refractivity contribution in [1.29, 1.82) is 0 Å². The molecule has 1 fully saturated rings. The van der Waals surface area contributed by atoms with Gasteiger partial charge in [-0.15, -0.1) is 0 Å². The second-order valence-corrected chi connectivity index (χ2v) is 7.98. The molecule has 1 aliphatic carbocycles. The molecule has 2 rings (SSSR count). The Hall–Kier alpha value is -0.773. The number of halogens is 3. The van der Waals surface area contributed by atoms with Crippen LogP contribution in [0, 0.1) is 29.3 Å². The molecule has 0 amide bonds. The lowest BCUT2D eigenvalue weighted by atomic mass is 9.81. The van der Waals surface area contributed by atoms with Gasteiger partial charge in [0.15, 0.2) is 17.5 Å². The van der Waals surface area contributed by atoms with Crippen LogP contribution in [0.2, 0.25) is 6.04 Å². The fourth-order valence-corrected chi connectivity index (χ4v) is 5.31. The minimum Gasteiger partial charge on any atom is -0.204 e. The van der Waals surface area contributed by atoms with Crippen LogP contribution in [-0.4, -0.2) is 9.52 Å². The highest BCUT2D eigenvalue weighted by Gasteiger charge is 2.20. The molecule has 0 nitrogen and oxygen atoms in total. The van der Waals surface area contributed by atoms with Crippen LogP contribution in [0.1, 0.15) is 45.4 Å². The van der Waals surface area contributed by atoms with Crippen molar-refractivity contribution in [3.05, 3.63) is 29.6 Å². The summed E-state index contributed by atoms with van der Waals surface area (Å²) in [4.78, 5) is 0. The van der Waals surface area contributed by atoms with Gasteiger partial charge in [-0.1, -0.05) is 56.7 Å². The molecule has 0 N–H and O–H groups in total. The first-order valence-electron chi connectivity index (χ1n) is 7.73. The Morgan fingerprint density at radius 2 is 1.55 bits per heavy atom. The Labute approximate surface area is 121 Å². The number of hydrogen-bond acceptors (Lipinski definition) is 0. The molecule has 0 heterocycles. The van der Waals surface area contributed by atoms with Crippen molar-refractivity contribution in [2.45, 2.75) is 51.5 Å². The van der Waals surface area contributed by atoms with Gasteiger partial charge in [0.05, 0.1) is 9.52 Å². The molecule has 112 valence electrons. The molecular formula is C16H23F3Si. The standard InChI is InChI=1S/C16H23F3Si/c1-2-3-11-4-6-12(7-5-11)10-20-13-8-14(17)16(19)15(18)9-13/h8-9,11-12H,2-7,10,20H2,1H3. The van der Waals surface area contributed by atoms with Crippen molar-refractivity contribution in [3.8, 4) is 0 Å². The van der Waals surface area contributed by atoms with Crippen LogP contribution in [0.15, 0.2) is 12.1 Å². The van der Waals surface area contributed by atoms with Crippen molar-refractivity contribution in [2.24, 2.45) is 11.8 Å². The minimum atomic E-state index is -1.34. The van der Waals surface area contributed by atoms with Crippen molar-refractivity contribution in [1.82, 2.24) is 0 Å². The lowest BCUT2D eigenvalue weighted by molar-refractivity contribution is 0.276. The van der Waals surface area contributed by atoms with Gasteiger partial charge in [-0.3, -0.25) is 0 Å². The number of benzene rings is 1. The summed E-state index contributed by atoms with van der Waals surface area (Å²) in [6, 6.07) is 3.46. The molecular weight excluding hydrogens is 277 g/mol. The monoisotopic (exact) mass is 300 g/mol. The van der Waals surface area contributed by atoms with Gasteiger partial charge in [-0.25, -0.2) is 13.2 Å². The maximum absolute atomic E-state index is 13.1. The molecule has 0 aromatic heterocycles. The van der Waals surface area contributed by atoms with Crippen molar-refractivity contribution in [3.63, 3.8) is 0 Å². The van der Waals surface area contributed by atoms with Crippen molar-refractivity contribution < 1.29 is 13.2 Å². The third-order valence-electron chi connectivity index (χ3n) is 4.55. The maximum Gasteiger partial charge on any atom is 0.194 e. The van der Waals surface area contributed by atoms with E-state index in [1.165, 1.54) is 50.7 Å². The second kappa shape index (κ2) is 7.30. The van der Waals surface area contributed by atoms with Crippen LogP contribution < -0.4 is 5.19 Å². The van der Waals surface area contributed by atoms with Crippen LogP contribution in [-0.2, 0) is 0 Å². The predicted octanol–water partition coefficient (Wildman–Crippen LogP) is 3.92. The molecule has 1 aliphatic rings. The summed E-state index contributed by atoms with van der Waals surface area (Å²) >= 11 is 0. The normalized spacial score (nSPS) is 23.6. The van der Waals surface area contributed by atoms with Crippen molar-refractivity contribution >= 4 is 14.7 Å². The van der Waals surface area contributed by atoms with E-state index in [0.29, 0.717) is 11.1 Å². The van der Waals surface area contributed by atoms with Crippen LogP contribution in [0.4, 0.5) is 13.2 Å². The van der Waals surface area contributed by atoms with Crippen LogP contribution >= 0.6 is 0 Å². The van der Waals surface area contributed by atoms with Crippen molar-refractivity contribution in [2.75, 3.05) is 0 Å². The highest BCUT2D eigenvalue weighted by atomic mass is 28.2. The Morgan fingerprint density at radius 3 is 2.10 bits per heavy atom. The first-order chi connectivity index (χ1) is 9.60. The highest BCUT2D eigenvalue weighted by Crippen LogP contribution is 2.33. The van der Waals surface area contributed by atoms with Gasteiger partial charge in [0.2, 0.25) is 0 Å². The van der Waals surface area contributed by atoms with Crippen LogP contribution in [0.3, 0.4) is 0 Å². The molecule has 20 heavy (non-hydrogen) atoms. The molecule has 0 unspecified atom stereocenters. The average molecular weight is 300 g/mol. The second-order valence-electron chi connectivity index (χ2n) is 6.09. The van der Waals surface area contributed by atoms with Gasteiger partial charge in [-0.05, 0) is 24.0 Å². The third-order valence-corrected chi connectivity index (χ3v) is 6.64. The van der Waals surface area contributed by atoms with E-state index in [1.807, 2.05) is 0 Å². The zero-order valence-electron chi connectivity index (χ0n) is 12.1. The molecule has 4 heteroatoms. The van der Waals surface area contributed by atoms with Crippen LogP contribution in [0.25, 0.3) is 0 Å². The maximum atomic E-state index is 13.1. The molecule has 0 spiro atoms. The molecule has 0 bridgehead atoms. The zero-order valence-corrected chi connectivity index (χ0v) is 13.5. The van der Waals surface area contributed by atoms with Gasteiger partial charge in [0, 0.05) is 0 Å². The molecule has 0 radical (unpaired) electrons. The Bertz CT molecular complexity index is 416. The van der Waals surface area contributed by atoms with Gasteiger partial charge in [0.1, 0.15) is 0 Å². The van der Waals surface area contributed by atoms with E-state index < -0.39 is 27.0 Å². The third kappa shape index (κ3) is 4.11. The van der Waals surface area contributed by atoms with E-state index in [1.54, 1.807) is 0 Å². The summed E-state index contributed by atoms with van der Waals surface area (Å²) < 4.78 is 39.2. The number of hydrogen-bond donors (Lipinski definition) is 0. The predicted molar refractivity (Wildman–Crippen MR) is 79.7 cm³/mol. The first kappa shape index (κ1) is 15.6. The van der Waals surface area contributed by atoms with Gasteiger partial charge >= 0.3 is 0 Å². The van der Waals surface area contributed by atoms with Gasteiger partial charge in [-0.2, -0.15) is 0 Å². The summed E-state index contributed by atoms with van der Waals surface area (Å²) in [5.41, 5.74) is 0. The Kier molecular flexibility index (Phi) is 5.70. The Balaban J connectivity index is 1.82. The van der Waals surface area contributed by atoms with E-state index in [2.05, 4.69) is 6.92 Å². The molecule has 1 saturated carbocycles. The molecule has 0 aliphatic heterocycles. The topological polar surface area (TPSA) is 0 Å². The van der Waals surface area contributed by atoms with E-state index in [9.17, 15) is 13.2 Å². The minimum absolute atomic E-state index is 0.690. The summed E-state index contributed by atoms with van der Waals surface area (Å²) in [6.07, 6.45) is 7.71. The zero-order chi connectivity index (χ0) is 14.5. The first-order valence-corrected chi connectivity index (χ1v) is 9.44. The number of rotatable bonds is 5. The quantitative estimate of drug-likeness (QED) is 0.571. The highest BCUT2D eigenvalue weighted by molar-refractivity contribution is 6.53. The largest absolute Gasteiger partial charge is 0.204 e. The molecule has 0 saturated heterocycles. The molecule has 0 atom stereocenters. The van der Waals surface area contributed by atoms with E-state index in [4.69, 9.17) is 0 Å². The lowest BCUT2D eigenvalue weighted by Crippen LogP contribution is -2.22. The Morgan fingerprint density at radius 1 is 1.00 bits per heavy atom. The van der Waals surface area contributed by atoms with Crippen LogP contribution in [0.5, 0.6) is 0 Å². The van der Waals surface area contributed by atoms with Gasteiger partial charge in [0.25, 0.3) is 0 Å². The molecule has 1 aromatic carbocycles. The summed E-state index contributed by atoms with van der Waals surface area (Å²) in [5, 5.41) is 0.706. The van der Waals surface area contributed by atoms with E-state index in [0.717, 1.165) is 12.0 Å². The summed E-state index contributed by atoms with van der Waals surface area (Å²) in [5.74, 6) is -1.83. The fraction of sp³-hybridized carbons (Fsp3) is 0.625. The lowest BCUT2D eigenvalue weighted by Gasteiger charge is -2.28. The van der Waals surface area contributed by atoms with E-state index >= 15 is 0 Å². The molecule has 1 aromatic rings. The van der Waals surface area contributed by atoms with Gasteiger partial charge < -0.3 is 0 Å².